The van der Waals surface area contributed by atoms with Crippen LogP contribution in [0.3, 0.4) is 0 Å². The fourth-order valence-corrected chi connectivity index (χ4v) is 2.42. The lowest BCUT2D eigenvalue weighted by atomic mass is 9.99. The number of benzene rings is 2. The van der Waals surface area contributed by atoms with Crippen LogP contribution in [0.5, 0.6) is 5.75 Å². The molecule has 7 heteroatoms. The first-order valence-corrected chi connectivity index (χ1v) is 7.74. The van der Waals surface area contributed by atoms with Crippen LogP contribution in [0.15, 0.2) is 48.5 Å². The molecule has 1 N–H and O–H groups in total. The van der Waals surface area contributed by atoms with Crippen molar-refractivity contribution in [2.75, 3.05) is 25.0 Å². The highest BCUT2D eigenvalue weighted by atomic mass is 19.1. The van der Waals surface area contributed by atoms with E-state index >= 15 is 0 Å². The fourth-order valence-electron chi connectivity index (χ4n) is 2.42. The van der Waals surface area contributed by atoms with E-state index in [4.69, 9.17) is 4.74 Å². The second-order valence-electron chi connectivity index (χ2n) is 5.71. The van der Waals surface area contributed by atoms with Crippen LogP contribution in [0.25, 0.3) is 0 Å². The van der Waals surface area contributed by atoms with Gasteiger partial charge < -0.3 is 15.0 Å². The van der Waals surface area contributed by atoms with E-state index in [0.29, 0.717) is 5.69 Å². The lowest BCUT2D eigenvalue weighted by molar-refractivity contribution is -0.143. The van der Waals surface area contributed by atoms with Gasteiger partial charge in [0.05, 0.1) is 5.92 Å². The number of amides is 2. The molecule has 2 aromatic carbocycles. The Balaban J connectivity index is 1.43. The standard InChI is InChI=1S/C18H16F2N2O3/c19-13-5-7-14(8-6-13)21-18(24)12-9-22(10-12)17(23)11-25-16-4-2-1-3-15(16)20/h1-8,12H,9-11H2,(H,21,24). The number of carbonyl (C=O) groups excluding carboxylic acids is 2. The predicted octanol–water partition coefficient (Wildman–Crippen LogP) is 2.44. The molecule has 1 aliphatic heterocycles. The monoisotopic (exact) mass is 346 g/mol. The summed E-state index contributed by atoms with van der Waals surface area (Å²) in [6, 6.07) is 11.3. The van der Waals surface area contributed by atoms with Gasteiger partial charge in [-0.3, -0.25) is 9.59 Å². The van der Waals surface area contributed by atoms with E-state index in [-0.39, 0.29) is 49.0 Å². The molecule has 1 aliphatic rings. The molecule has 5 nitrogen and oxygen atoms in total. The molecule has 2 aromatic rings. The van der Waals surface area contributed by atoms with Crippen molar-refractivity contribution in [2.45, 2.75) is 0 Å². The summed E-state index contributed by atoms with van der Waals surface area (Å²) in [5, 5.41) is 2.67. The van der Waals surface area contributed by atoms with Gasteiger partial charge in [-0.1, -0.05) is 12.1 Å². The number of hydrogen-bond acceptors (Lipinski definition) is 3. The highest BCUT2D eigenvalue weighted by Crippen LogP contribution is 2.20. The average molecular weight is 346 g/mol. The smallest absolute Gasteiger partial charge is 0.260 e. The molecule has 0 radical (unpaired) electrons. The maximum Gasteiger partial charge on any atom is 0.260 e. The lowest BCUT2D eigenvalue weighted by Gasteiger charge is -2.38. The summed E-state index contributed by atoms with van der Waals surface area (Å²) in [4.78, 5) is 25.5. The van der Waals surface area contributed by atoms with E-state index in [2.05, 4.69) is 5.32 Å². The molecule has 3 rings (SSSR count). The zero-order valence-corrected chi connectivity index (χ0v) is 13.2. The Morgan fingerprint density at radius 3 is 2.44 bits per heavy atom. The number of para-hydroxylation sites is 1. The van der Waals surface area contributed by atoms with Crippen LogP contribution in [-0.4, -0.2) is 36.4 Å². The maximum absolute atomic E-state index is 13.4. The molecule has 0 aromatic heterocycles. The van der Waals surface area contributed by atoms with Gasteiger partial charge in [-0.2, -0.15) is 0 Å². The van der Waals surface area contributed by atoms with E-state index in [1.165, 1.54) is 47.4 Å². The summed E-state index contributed by atoms with van der Waals surface area (Å²) in [6.07, 6.45) is 0. The highest BCUT2D eigenvalue weighted by Gasteiger charge is 2.35. The van der Waals surface area contributed by atoms with Crippen LogP contribution < -0.4 is 10.1 Å². The number of halogens is 2. The number of rotatable bonds is 5. The Hall–Kier alpha value is -2.96. The Bertz CT molecular complexity index is 774. The third-order valence-electron chi connectivity index (χ3n) is 3.90. The van der Waals surface area contributed by atoms with Gasteiger partial charge in [-0.05, 0) is 36.4 Å². The minimum atomic E-state index is -0.532. The minimum Gasteiger partial charge on any atom is -0.481 e. The molecular formula is C18H16F2N2O3. The summed E-state index contributed by atoms with van der Waals surface area (Å²) < 4.78 is 31.4. The molecule has 0 unspecified atom stereocenters. The van der Waals surface area contributed by atoms with E-state index < -0.39 is 5.82 Å². The van der Waals surface area contributed by atoms with Crippen LogP contribution in [0.4, 0.5) is 14.5 Å². The van der Waals surface area contributed by atoms with E-state index in [1.807, 2.05) is 0 Å². The molecule has 0 atom stereocenters. The summed E-state index contributed by atoms with van der Waals surface area (Å²) in [5.74, 6) is -1.77. The molecule has 0 bridgehead atoms. The molecule has 25 heavy (non-hydrogen) atoms. The molecule has 0 saturated carbocycles. The zero-order valence-electron chi connectivity index (χ0n) is 13.2. The number of anilines is 1. The average Bonchev–Trinajstić information content (AvgIpc) is 2.55. The molecule has 1 saturated heterocycles. The van der Waals surface area contributed by atoms with Crippen molar-refractivity contribution in [3.8, 4) is 5.75 Å². The third-order valence-corrected chi connectivity index (χ3v) is 3.90. The van der Waals surface area contributed by atoms with Crippen molar-refractivity contribution in [1.29, 1.82) is 0 Å². The second kappa shape index (κ2) is 7.29. The number of likely N-dealkylation sites (tertiary alicyclic amines) is 1. The predicted molar refractivity (Wildman–Crippen MR) is 87.0 cm³/mol. The van der Waals surface area contributed by atoms with Crippen LogP contribution in [-0.2, 0) is 9.59 Å². The number of hydrogen-bond donors (Lipinski definition) is 1. The Kier molecular flexibility index (Phi) is 4.92. The Morgan fingerprint density at radius 2 is 1.76 bits per heavy atom. The van der Waals surface area contributed by atoms with Gasteiger partial charge in [0, 0.05) is 18.8 Å². The highest BCUT2D eigenvalue weighted by molar-refractivity contribution is 5.94. The first kappa shape index (κ1) is 16.9. The van der Waals surface area contributed by atoms with Crippen molar-refractivity contribution < 1.29 is 23.1 Å². The van der Waals surface area contributed by atoms with E-state index in [1.54, 1.807) is 6.07 Å². The summed E-state index contributed by atoms with van der Waals surface area (Å²) in [7, 11) is 0. The van der Waals surface area contributed by atoms with Crippen molar-refractivity contribution in [3.63, 3.8) is 0 Å². The molecule has 130 valence electrons. The minimum absolute atomic E-state index is 0.0157. The van der Waals surface area contributed by atoms with Gasteiger partial charge in [-0.25, -0.2) is 8.78 Å². The van der Waals surface area contributed by atoms with Crippen LogP contribution in [0.2, 0.25) is 0 Å². The van der Waals surface area contributed by atoms with Crippen molar-refractivity contribution in [3.05, 3.63) is 60.2 Å². The van der Waals surface area contributed by atoms with Gasteiger partial charge in [0.15, 0.2) is 18.2 Å². The fraction of sp³-hybridized carbons (Fsp3) is 0.222. The van der Waals surface area contributed by atoms with Crippen LogP contribution in [0, 0.1) is 17.6 Å². The van der Waals surface area contributed by atoms with Gasteiger partial charge in [0.2, 0.25) is 5.91 Å². The van der Waals surface area contributed by atoms with Crippen LogP contribution in [0.1, 0.15) is 0 Å². The summed E-state index contributed by atoms with van der Waals surface area (Å²) >= 11 is 0. The Labute approximate surface area is 143 Å². The molecule has 0 spiro atoms. The van der Waals surface area contributed by atoms with Crippen molar-refractivity contribution >= 4 is 17.5 Å². The van der Waals surface area contributed by atoms with Crippen LogP contribution >= 0.6 is 0 Å². The lowest BCUT2D eigenvalue weighted by Crippen LogP contribution is -2.55. The third kappa shape index (κ3) is 4.12. The molecule has 1 fully saturated rings. The number of ether oxygens (including phenoxy) is 1. The number of carbonyl (C=O) groups is 2. The molecule has 1 heterocycles. The maximum atomic E-state index is 13.4. The SMILES string of the molecule is O=C(Nc1ccc(F)cc1)C1CN(C(=O)COc2ccccc2F)C1. The first-order chi connectivity index (χ1) is 12.0. The first-order valence-electron chi connectivity index (χ1n) is 7.74. The van der Waals surface area contributed by atoms with E-state index in [9.17, 15) is 18.4 Å². The van der Waals surface area contributed by atoms with Gasteiger partial charge in [-0.15, -0.1) is 0 Å². The van der Waals surface area contributed by atoms with Gasteiger partial charge >= 0.3 is 0 Å². The Morgan fingerprint density at radius 1 is 1.08 bits per heavy atom. The summed E-state index contributed by atoms with van der Waals surface area (Å²) in [5.41, 5.74) is 0.499. The second-order valence-corrected chi connectivity index (χ2v) is 5.71. The summed E-state index contributed by atoms with van der Waals surface area (Å²) in [6.45, 7) is 0.256. The molecule has 0 aliphatic carbocycles. The van der Waals surface area contributed by atoms with Gasteiger partial charge in [0.1, 0.15) is 5.82 Å². The zero-order chi connectivity index (χ0) is 17.8. The van der Waals surface area contributed by atoms with Crippen molar-refractivity contribution in [1.82, 2.24) is 4.90 Å². The number of nitrogens with zero attached hydrogens (tertiary/aromatic N) is 1. The largest absolute Gasteiger partial charge is 0.481 e. The molecular weight excluding hydrogens is 330 g/mol. The topological polar surface area (TPSA) is 58.6 Å². The van der Waals surface area contributed by atoms with Crippen molar-refractivity contribution in [2.24, 2.45) is 5.92 Å². The quantitative estimate of drug-likeness (QED) is 0.905. The van der Waals surface area contributed by atoms with E-state index in [0.717, 1.165) is 0 Å². The molecule has 2 amide bonds. The normalized spacial score (nSPS) is 13.9. The van der Waals surface area contributed by atoms with Gasteiger partial charge in [0.25, 0.3) is 5.91 Å². The number of nitrogens with one attached hydrogen (secondary N) is 1.